The van der Waals surface area contributed by atoms with E-state index >= 15 is 0 Å². The van der Waals surface area contributed by atoms with Gasteiger partial charge in [-0.15, -0.1) is 0 Å². The Morgan fingerprint density at radius 1 is 0.762 bits per heavy atom. The third-order valence-corrected chi connectivity index (χ3v) is 11.9. The molecule has 0 bridgehead atoms. The fourth-order valence-electron chi connectivity index (χ4n) is 4.29. The molecule has 0 radical (unpaired) electrons. The van der Waals surface area contributed by atoms with Gasteiger partial charge in [0.2, 0.25) is 0 Å². The van der Waals surface area contributed by atoms with E-state index in [1.165, 1.54) is 50.6 Å². The van der Waals surface area contributed by atoms with E-state index in [9.17, 15) is 0 Å². The molecule has 0 aromatic carbocycles. The summed E-state index contributed by atoms with van der Waals surface area (Å²) >= 11 is 0. The zero-order chi connectivity index (χ0) is 16.0. The van der Waals surface area contributed by atoms with Gasteiger partial charge in [0.25, 0.3) is 0 Å². The number of rotatable bonds is 10. The first-order chi connectivity index (χ1) is 10.3. The van der Waals surface area contributed by atoms with Gasteiger partial charge in [0.1, 0.15) is 0 Å². The summed E-state index contributed by atoms with van der Waals surface area (Å²) < 4.78 is 0. The van der Waals surface area contributed by atoms with Gasteiger partial charge in [0.15, 0.2) is 0 Å². The van der Waals surface area contributed by atoms with Crippen LogP contribution in [0.3, 0.4) is 0 Å². The number of hydrogen-bond acceptors (Lipinski definition) is 1. The van der Waals surface area contributed by atoms with Crippen molar-refractivity contribution in [1.29, 1.82) is 5.26 Å². The number of hydrogen-bond donors (Lipinski definition) is 0. The average Bonchev–Trinajstić information content (AvgIpc) is 2.57. The summed E-state index contributed by atoms with van der Waals surface area (Å²) in [6, 6.07) is 0. The third kappa shape index (κ3) is 7.65. The first-order valence-electron chi connectivity index (χ1n) is 9.55. The van der Waals surface area contributed by atoms with Crippen molar-refractivity contribution in [3.05, 3.63) is 0 Å². The molecule has 0 saturated heterocycles. The average molecular weight is 314 g/mol. The molecular weight excluding hydrogens is 273 g/mol. The van der Waals surface area contributed by atoms with Crippen molar-refractivity contribution in [1.82, 2.24) is 0 Å². The molecule has 0 atom stereocenters. The van der Waals surface area contributed by atoms with Crippen molar-refractivity contribution in [3.8, 4) is 6.57 Å². The number of unbranched alkanes of at least 4 members (excludes halogenated alkanes) is 3. The molecular formula is C19H40NP. The van der Waals surface area contributed by atoms with Gasteiger partial charge in [-0.05, 0) is 0 Å². The van der Waals surface area contributed by atoms with Gasteiger partial charge >= 0.3 is 123 Å². The van der Waals surface area contributed by atoms with Crippen molar-refractivity contribution in [2.75, 3.05) is 18.5 Å². The molecule has 1 aliphatic rings. The maximum absolute atomic E-state index is 6.50. The fraction of sp³-hybridized carbons (Fsp3) is 0.947. The quantitative estimate of drug-likeness (QED) is 0.416. The van der Waals surface area contributed by atoms with Gasteiger partial charge < -0.3 is 0 Å². The molecule has 1 saturated carbocycles. The molecule has 0 amide bonds. The van der Waals surface area contributed by atoms with Crippen LogP contribution >= 0.6 is 7.26 Å². The zero-order valence-electron chi connectivity index (χ0n) is 15.0. The molecule has 1 rings (SSSR count). The zero-order valence-corrected chi connectivity index (χ0v) is 16.0. The topological polar surface area (TPSA) is 23.8 Å². The summed E-state index contributed by atoms with van der Waals surface area (Å²) in [5.41, 5.74) is 1.20. The van der Waals surface area contributed by atoms with Crippen LogP contribution in [0, 0.1) is 11.8 Å². The Balaban J connectivity index is 0.00000191. The van der Waals surface area contributed by atoms with E-state index in [4.69, 9.17) is 5.26 Å². The summed E-state index contributed by atoms with van der Waals surface area (Å²) in [5, 5.41) is 6.50. The molecule has 1 nitrogen and oxygen atoms in total. The van der Waals surface area contributed by atoms with Gasteiger partial charge in [-0.1, -0.05) is 0 Å². The van der Waals surface area contributed by atoms with Crippen LogP contribution in [0.4, 0.5) is 0 Å². The van der Waals surface area contributed by atoms with Crippen LogP contribution in [0.25, 0.3) is 0 Å². The van der Waals surface area contributed by atoms with E-state index in [0.717, 1.165) is 0 Å². The monoisotopic (exact) mass is 313 g/mol. The van der Waals surface area contributed by atoms with Gasteiger partial charge in [-0.2, -0.15) is 0 Å². The Bertz CT molecular complexity index is 221. The molecule has 0 aliphatic heterocycles. The molecule has 0 spiro atoms. The fourth-order valence-corrected chi connectivity index (χ4v) is 11.1. The van der Waals surface area contributed by atoms with Gasteiger partial charge in [-0.3, -0.25) is 0 Å². The van der Waals surface area contributed by atoms with E-state index in [2.05, 4.69) is 27.3 Å². The van der Waals surface area contributed by atoms with Gasteiger partial charge in [-0.25, -0.2) is 5.26 Å². The SMILES string of the molecule is C#N.CCCC[PH](CCCC)(CCCC)C1CCCCC1. The molecule has 1 aliphatic carbocycles. The summed E-state index contributed by atoms with van der Waals surface area (Å²) in [6.45, 7) is 10.7. The van der Waals surface area contributed by atoms with Crippen LogP contribution < -0.4 is 0 Å². The second-order valence-electron chi connectivity index (χ2n) is 7.01. The van der Waals surface area contributed by atoms with E-state index in [1.54, 1.807) is 44.2 Å². The Morgan fingerprint density at radius 3 is 1.48 bits per heavy atom. The van der Waals surface area contributed by atoms with Crippen LogP contribution in [0.2, 0.25) is 0 Å². The van der Waals surface area contributed by atoms with Crippen molar-refractivity contribution >= 4 is 7.26 Å². The number of nitrogens with zero attached hydrogens (tertiary/aromatic N) is 1. The standard InChI is InChI=1S/C18H39P.CHN/c1-4-7-15-19(16-8-5-2,17-9-6-3)18-13-11-10-12-14-18;1-2/h18-19H,4-17H2,1-3H3;1H. The summed E-state index contributed by atoms with van der Waals surface area (Å²) in [6.07, 6.45) is 21.6. The van der Waals surface area contributed by atoms with Crippen LogP contribution in [-0.2, 0) is 0 Å². The van der Waals surface area contributed by atoms with E-state index in [-0.39, 0.29) is 0 Å². The molecule has 0 aromatic rings. The molecule has 1 fully saturated rings. The first kappa shape index (κ1) is 20.9. The predicted octanol–water partition coefficient (Wildman–Crippen LogP) is 6.61. The Hall–Kier alpha value is -0.0800. The molecule has 0 heterocycles. The molecule has 0 N–H and O–H groups in total. The molecule has 21 heavy (non-hydrogen) atoms. The van der Waals surface area contributed by atoms with Gasteiger partial charge in [0.05, 0.1) is 0 Å². The Morgan fingerprint density at radius 2 is 1.14 bits per heavy atom. The van der Waals surface area contributed by atoms with Crippen molar-refractivity contribution in [2.24, 2.45) is 0 Å². The molecule has 0 aromatic heterocycles. The van der Waals surface area contributed by atoms with E-state index in [1.807, 2.05) is 0 Å². The summed E-state index contributed by atoms with van der Waals surface area (Å²) in [7, 11) is -0.958. The van der Waals surface area contributed by atoms with E-state index in [0.29, 0.717) is 0 Å². The minimum atomic E-state index is -0.958. The van der Waals surface area contributed by atoms with Crippen molar-refractivity contribution < 1.29 is 0 Å². The van der Waals surface area contributed by atoms with Crippen molar-refractivity contribution in [3.63, 3.8) is 0 Å². The maximum atomic E-state index is 6.50. The minimum absolute atomic E-state index is 0.958. The molecule has 2 heteroatoms. The second kappa shape index (κ2) is 13.6. The predicted molar refractivity (Wildman–Crippen MR) is 101 cm³/mol. The summed E-state index contributed by atoms with van der Waals surface area (Å²) in [4.78, 5) is 0. The van der Waals surface area contributed by atoms with Crippen LogP contribution in [0.5, 0.6) is 0 Å². The van der Waals surface area contributed by atoms with Gasteiger partial charge in [0, 0.05) is 6.57 Å². The normalized spacial score (nSPS) is 17.0. The number of nitriles is 1. The van der Waals surface area contributed by atoms with Crippen LogP contribution in [0.1, 0.15) is 91.4 Å². The second-order valence-corrected chi connectivity index (χ2v) is 12.0. The van der Waals surface area contributed by atoms with Crippen LogP contribution in [-0.4, -0.2) is 24.1 Å². The van der Waals surface area contributed by atoms with Crippen molar-refractivity contribution in [2.45, 2.75) is 97.1 Å². The first-order valence-corrected chi connectivity index (χ1v) is 12.2. The Kier molecular flexibility index (Phi) is 13.5. The Labute approximate surface area is 135 Å². The van der Waals surface area contributed by atoms with Crippen LogP contribution in [0.15, 0.2) is 0 Å². The van der Waals surface area contributed by atoms with E-state index < -0.39 is 7.26 Å². The summed E-state index contributed by atoms with van der Waals surface area (Å²) in [5.74, 6) is 0. The molecule has 0 unspecified atom stereocenters. The molecule has 126 valence electrons. The third-order valence-electron chi connectivity index (χ3n) is 5.56.